The van der Waals surface area contributed by atoms with Crippen LogP contribution in [0.3, 0.4) is 0 Å². The van der Waals surface area contributed by atoms with Crippen molar-refractivity contribution in [1.82, 2.24) is 10.2 Å². The quantitative estimate of drug-likeness (QED) is 0.743. The highest BCUT2D eigenvalue weighted by Crippen LogP contribution is 2.31. The number of β-amino-alcohol motifs (C(OH)–C–C–N with tert-alkyl or cyclic N) is 1. The summed E-state index contributed by atoms with van der Waals surface area (Å²) in [6.45, 7) is 2.73. The number of carbonyl (C=O) groups is 2. The number of carbonyl (C=O) groups excluding carboxylic acids is 2. The zero-order valence-electron chi connectivity index (χ0n) is 15.4. The summed E-state index contributed by atoms with van der Waals surface area (Å²) in [6.07, 6.45) is -1.16. The van der Waals surface area contributed by atoms with Crippen LogP contribution in [0.2, 0.25) is 0 Å². The van der Waals surface area contributed by atoms with E-state index < -0.39 is 35.2 Å². The SMILES string of the molecule is Cc1ccc(OC[C@H](O)CN2C(=O)N[C@](C)(c3cc(F)ccc3F)C2=O)cc1. The molecule has 3 rings (SSSR count). The third-order valence-electron chi connectivity index (χ3n) is 4.60. The van der Waals surface area contributed by atoms with Crippen LogP contribution in [-0.4, -0.2) is 41.2 Å². The fourth-order valence-corrected chi connectivity index (χ4v) is 3.02. The van der Waals surface area contributed by atoms with Gasteiger partial charge in [0.05, 0.1) is 6.54 Å². The number of amides is 3. The normalized spacial score (nSPS) is 20.2. The number of imide groups is 1. The molecule has 1 aliphatic heterocycles. The number of aryl methyl sites for hydroxylation is 1. The predicted octanol–water partition coefficient (Wildman–Crippen LogP) is 2.48. The van der Waals surface area contributed by atoms with Gasteiger partial charge in [-0.3, -0.25) is 9.69 Å². The fourth-order valence-electron chi connectivity index (χ4n) is 3.02. The maximum atomic E-state index is 14.1. The van der Waals surface area contributed by atoms with Gasteiger partial charge in [-0.2, -0.15) is 0 Å². The van der Waals surface area contributed by atoms with Crippen LogP contribution >= 0.6 is 0 Å². The molecule has 3 amide bonds. The number of aliphatic hydroxyl groups is 1. The molecule has 1 fully saturated rings. The monoisotopic (exact) mass is 390 g/mol. The van der Waals surface area contributed by atoms with E-state index in [1.165, 1.54) is 6.92 Å². The summed E-state index contributed by atoms with van der Waals surface area (Å²) in [5.41, 5.74) is -0.990. The van der Waals surface area contributed by atoms with Crippen LogP contribution in [0.15, 0.2) is 42.5 Å². The Morgan fingerprint density at radius 2 is 1.86 bits per heavy atom. The lowest BCUT2D eigenvalue weighted by Gasteiger charge is -2.23. The highest BCUT2D eigenvalue weighted by atomic mass is 19.1. The lowest BCUT2D eigenvalue weighted by atomic mass is 9.91. The number of aliphatic hydroxyl groups excluding tert-OH is 1. The Bertz CT molecular complexity index is 904. The summed E-state index contributed by atoms with van der Waals surface area (Å²) in [7, 11) is 0. The van der Waals surface area contributed by atoms with Gasteiger partial charge in [-0.25, -0.2) is 13.6 Å². The van der Waals surface area contributed by atoms with Gasteiger partial charge >= 0.3 is 6.03 Å². The zero-order chi connectivity index (χ0) is 20.5. The van der Waals surface area contributed by atoms with Crippen molar-refractivity contribution < 1.29 is 28.2 Å². The predicted molar refractivity (Wildman–Crippen MR) is 96.6 cm³/mol. The van der Waals surface area contributed by atoms with Crippen LogP contribution in [0.25, 0.3) is 0 Å². The number of benzene rings is 2. The molecule has 2 N–H and O–H groups in total. The van der Waals surface area contributed by atoms with E-state index in [-0.39, 0.29) is 18.7 Å². The van der Waals surface area contributed by atoms with E-state index in [1.807, 2.05) is 19.1 Å². The summed E-state index contributed by atoms with van der Waals surface area (Å²) >= 11 is 0. The number of nitrogens with zero attached hydrogens (tertiary/aromatic N) is 1. The summed E-state index contributed by atoms with van der Waals surface area (Å²) in [5, 5.41) is 12.5. The Kier molecular flexibility index (Phi) is 5.33. The molecule has 1 heterocycles. The largest absolute Gasteiger partial charge is 0.491 e. The first-order valence-corrected chi connectivity index (χ1v) is 8.68. The van der Waals surface area contributed by atoms with E-state index in [4.69, 9.17) is 4.74 Å². The summed E-state index contributed by atoms with van der Waals surface area (Å²) in [4.78, 5) is 25.8. The molecule has 2 atom stereocenters. The molecule has 2 aromatic carbocycles. The standard InChI is InChI=1S/C20H20F2N2O4/c1-12-3-6-15(7-4-12)28-11-14(25)10-24-18(26)20(2,23-19(24)27)16-9-13(21)5-8-17(16)22/h3-9,14,25H,10-11H2,1-2H3,(H,23,27)/t14-,20-/m1/s1. The van der Waals surface area contributed by atoms with Gasteiger partial charge in [-0.1, -0.05) is 17.7 Å². The first-order valence-electron chi connectivity index (χ1n) is 8.68. The molecule has 6 nitrogen and oxygen atoms in total. The first-order chi connectivity index (χ1) is 13.2. The van der Waals surface area contributed by atoms with Crippen molar-refractivity contribution in [2.75, 3.05) is 13.2 Å². The molecule has 0 saturated carbocycles. The van der Waals surface area contributed by atoms with Crippen molar-refractivity contribution in [2.45, 2.75) is 25.5 Å². The minimum Gasteiger partial charge on any atom is -0.491 e. The molecule has 8 heteroatoms. The van der Waals surface area contributed by atoms with Crippen LogP contribution in [0.1, 0.15) is 18.1 Å². The smallest absolute Gasteiger partial charge is 0.325 e. The maximum Gasteiger partial charge on any atom is 0.325 e. The highest BCUT2D eigenvalue weighted by Gasteiger charge is 2.50. The Balaban J connectivity index is 1.69. The van der Waals surface area contributed by atoms with Gasteiger partial charge < -0.3 is 15.2 Å². The third-order valence-corrected chi connectivity index (χ3v) is 4.60. The van der Waals surface area contributed by atoms with E-state index in [0.717, 1.165) is 28.7 Å². The van der Waals surface area contributed by atoms with Crippen molar-refractivity contribution >= 4 is 11.9 Å². The second-order valence-corrected chi connectivity index (χ2v) is 6.87. The molecule has 0 aromatic heterocycles. The molecule has 0 bridgehead atoms. The maximum absolute atomic E-state index is 14.1. The molecule has 0 aliphatic carbocycles. The van der Waals surface area contributed by atoms with Gasteiger partial charge in [0.25, 0.3) is 5.91 Å². The zero-order valence-corrected chi connectivity index (χ0v) is 15.4. The van der Waals surface area contributed by atoms with E-state index in [9.17, 15) is 23.5 Å². The van der Waals surface area contributed by atoms with Crippen LogP contribution < -0.4 is 10.1 Å². The van der Waals surface area contributed by atoms with Gasteiger partial charge in [-0.05, 0) is 44.2 Å². The lowest BCUT2D eigenvalue weighted by molar-refractivity contribution is -0.132. The lowest BCUT2D eigenvalue weighted by Crippen LogP contribution is -2.43. The second kappa shape index (κ2) is 7.55. The van der Waals surface area contributed by atoms with Gasteiger partial charge in [0, 0.05) is 5.56 Å². The molecule has 0 unspecified atom stereocenters. The number of nitrogens with one attached hydrogen (secondary N) is 1. The number of halogens is 2. The van der Waals surface area contributed by atoms with Crippen molar-refractivity contribution in [2.24, 2.45) is 0 Å². The Labute approximate surface area is 160 Å². The van der Waals surface area contributed by atoms with Crippen LogP contribution in [0.5, 0.6) is 5.75 Å². The van der Waals surface area contributed by atoms with Crippen molar-refractivity contribution in [3.05, 3.63) is 65.2 Å². The minimum atomic E-state index is -1.76. The van der Waals surface area contributed by atoms with Crippen molar-refractivity contribution in [3.8, 4) is 5.75 Å². The Morgan fingerprint density at radius 3 is 2.54 bits per heavy atom. The van der Waals surface area contributed by atoms with Gasteiger partial charge in [-0.15, -0.1) is 0 Å². The second-order valence-electron chi connectivity index (χ2n) is 6.87. The molecule has 0 radical (unpaired) electrons. The average molecular weight is 390 g/mol. The highest BCUT2D eigenvalue weighted by molar-refractivity contribution is 6.07. The number of hydrogen-bond acceptors (Lipinski definition) is 4. The van der Waals surface area contributed by atoms with Crippen LogP contribution in [0.4, 0.5) is 13.6 Å². The third kappa shape index (κ3) is 3.82. The molecule has 2 aromatic rings. The number of ether oxygens (including phenoxy) is 1. The van der Waals surface area contributed by atoms with Crippen LogP contribution in [-0.2, 0) is 10.3 Å². The van der Waals surface area contributed by atoms with Crippen LogP contribution in [0, 0.1) is 18.6 Å². The van der Waals surface area contributed by atoms with E-state index >= 15 is 0 Å². The topological polar surface area (TPSA) is 78.9 Å². The first kappa shape index (κ1) is 19.8. The Morgan fingerprint density at radius 1 is 1.18 bits per heavy atom. The van der Waals surface area contributed by atoms with E-state index in [2.05, 4.69) is 5.32 Å². The minimum absolute atomic E-state index is 0.148. The molecule has 0 spiro atoms. The fraction of sp³-hybridized carbons (Fsp3) is 0.300. The van der Waals surface area contributed by atoms with E-state index in [1.54, 1.807) is 12.1 Å². The molecule has 1 saturated heterocycles. The molecule has 1 aliphatic rings. The summed E-state index contributed by atoms with van der Waals surface area (Å²) in [5.74, 6) is -1.79. The average Bonchev–Trinajstić information content (AvgIpc) is 2.87. The van der Waals surface area contributed by atoms with E-state index in [0.29, 0.717) is 5.75 Å². The summed E-state index contributed by atoms with van der Waals surface area (Å²) in [6, 6.07) is 9.05. The number of urea groups is 1. The van der Waals surface area contributed by atoms with Crippen molar-refractivity contribution in [3.63, 3.8) is 0 Å². The molecular formula is C20H20F2N2O4. The molecule has 148 valence electrons. The summed E-state index contributed by atoms with van der Waals surface area (Å²) < 4.78 is 33.1. The van der Waals surface area contributed by atoms with Gasteiger partial charge in [0.15, 0.2) is 0 Å². The van der Waals surface area contributed by atoms with Gasteiger partial charge in [0.2, 0.25) is 0 Å². The number of rotatable bonds is 6. The molecule has 28 heavy (non-hydrogen) atoms. The Hall–Kier alpha value is -3.00. The number of hydrogen-bond donors (Lipinski definition) is 2. The molecular weight excluding hydrogens is 370 g/mol. The van der Waals surface area contributed by atoms with Gasteiger partial charge in [0.1, 0.15) is 35.6 Å². The van der Waals surface area contributed by atoms with Crippen molar-refractivity contribution in [1.29, 1.82) is 0 Å².